The van der Waals surface area contributed by atoms with Crippen molar-refractivity contribution in [1.82, 2.24) is 15.0 Å². The van der Waals surface area contributed by atoms with Gasteiger partial charge in [-0.15, -0.1) is 0 Å². The zero-order valence-corrected chi connectivity index (χ0v) is 26.0. The molecule has 0 spiro atoms. The fourth-order valence-electron chi connectivity index (χ4n) is 5.62. The Morgan fingerprint density at radius 3 is 1.83 bits per heavy atom. The standard InChI is InChI=1S/C33H33ClN6O6/c1-42-25-12-6-24(7-13-25)40-28(29(30(40)41)45-26-10-4-23(34)5-11-26)22-2-8-27(9-3-22)46-33-36-31(38-14-18-43-19-15-38)35-32(37-33)39-16-20-44-21-17-39/h2-13,28-29H,14-21H2,1H3/t28-,29+/m1/s1. The molecule has 0 aliphatic carbocycles. The molecule has 46 heavy (non-hydrogen) atoms. The van der Waals surface area contributed by atoms with Crippen molar-refractivity contribution in [2.24, 2.45) is 0 Å². The summed E-state index contributed by atoms with van der Waals surface area (Å²) in [6.45, 7) is 5.17. The van der Waals surface area contributed by atoms with Crippen molar-refractivity contribution < 1.29 is 28.5 Å². The molecule has 2 atom stereocenters. The first-order chi connectivity index (χ1) is 22.6. The predicted molar refractivity (Wildman–Crippen MR) is 171 cm³/mol. The lowest BCUT2D eigenvalue weighted by molar-refractivity contribution is -0.135. The number of hydrogen-bond acceptors (Lipinski definition) is 11. The second-order valence-corrected chi connectivity index (χ2v) is 11.4. The summed E-state index contributed by atoms with van der Waals surface area (Å²) in [6, 6.07) is 21.7. The molecule has 3 aromatic carbocycles. The first-order valence-corrected chi connectivity index (χ1v) is 15.5. The highest BCUT2D eigenvalue weighted by molar-refractivity contribution is 6.30. The summed E-state index contributed by atoms with van der Waals surface area (Å²) in [5, 5.41) is 0.589. The first kappa shape index (κ1) is 30.0. The third-order valence-electron chi connectivity index (χ3n) is 8.08. The maximum absolute atomic E-state index is 13.5. The molecule has 0 N–H and O–H groups in total. The molecule has 1 amide bonds. The Labute approximate surface area is 271 Å². The SMILES string of the molecule is COc1ccc(N2C(=O)[C@@H](Oc3ccc(Cl)cc3)[C@H]2c2ccc(Oc3nc(N4CCOCC4)nc(N4CCOCC4)n3)cc2)cc1. The van der Waals surface area contributed by atoms with E-state index in [4.69, 9.17) is 40.3 Å². The fraction of sp³-hybridized carbons (Fsp3) is 0.333. The van der Waals surface area contributed by atoms with Gasteiger partial charge in [-0.2, -0.15) is 15.0 Å². The van der Waals surface area contributed by atoms with Gasteiger partial charge in [0.25, 0.3) is 5.91 Å². The molecular formula is C33H33ClN6O6. The van der Waals surface area contributed by atoms with Crippen LogP contribution in [0.1, 0.15) is 11.6 Å². The normalized spacial score (nSPS) is 19.9. The van der Waals surface area contributed by atoms with E-state index in [1.165, 1.54) is 0 Å². The number of β-lactam (4-membered cyclic amide) rings is 1. The van der Waals surface area contributed by atoms with Crippen LogP contribution in [0.15, 0.2) is 72.8 Å². The van der Waals surface area contributed by atoms with E-state index in [0.717, 1.165) is 11.3 Å². The highest BCUT2D eigenvalue weighted by atomic mass is 35.5. The number of morpholine rings is 2. The molecule has 0 radical (unpaired) electrons. The van der Waals surface area contributed by atoms with Crippen molar-refractivity contribution in [1.29, 1.82) is 0 Å². The zero-order valence-electron chi connectivity index (χ0n) is 25.3. The second-order valence-electron chi connectivity index (χ2n) is 10.9. The monoisotopic (exact) mass is 644 g/mol. The van der Waals surface area contributed by atoms with Crippen LogP contribution >= 0.6 is 11.6 Å². The molecule has 0 unspecified atom stereocenters. The number of halogens is 1. The maximum atomic E-state index is 13.5. The molecule has 4 heterocycles. The van der Waals surface area contributed by atoms with Crippen LogP contribution in [0.25, 0.3) is 0 Å². The summed E-state index contributed by atoms with van der Waals surface area (Å²) in [5.41, 5.74) is 1.61. The minimum Gasteiger partial charge on any atom is -0.497 e. The number of methoxy groups -OCH3 is 1. The van der Waals surface area contributed by atoms with Gasteiger partial charge in [0.2, 0.25) is 18.0 Å². The summed E-state index contributed by atoms with van der Waals surface area (Å²) in [6.07, 6.45) is -0.731. The lowest BCUT2D eigenvalue weighted by Gasteiger charge is -2.46. The van der Waals surface area contributed by atoms with Gasteiger partial charge >= 0.3 is 6.01 Å². The summed E-state index contributed by atoms with van der Waals surface area (Å²) in [4.78, 5) is 33.4. The summed E-state index contributed by atoms with van der Waals surface area (Å²) in [5.74, 6) is 2.77. The average molecular weight is 645 g/mol. The number of amides is 1. The molecule has 3 aliphatic rings. The molecule has 3 fully saturated rings. The Kier molecular flexibility index (Phi) is 8.73. The smallest absolute Gasteiger partial charge is 0.328 e. The molecule has 13 heteroatoms. The third-order valence-corrected chi connectivity index (χ3v) is 8.33. The van der Waals surface area contributed by atoms with Crippen molar-refractivity contribution in [3.05, 3.63) is 83.4 Å². The van der Waals surface area contributed by atoms with Crippen molar-refractivity contribution in [3.63, 3.8) is 0 Å². The molecule has 3 aliphatic heterocycles. The number of anilines is 3. The molecule has 0 bridgehead atoms. The van der Waals surface area contributed by atoms with Crippen LogP contribution in [-0.4, -0.2) is 86.7 Å². The van der Waals surface area contributed by atoms with Crippen molar-refractivity contribution >= 4 is 35.1 Å². The first-order valence-electron chi connectivity index (χ1n) is 15.1. The number of aromatic nitrogens is 3. The molecule has 1 aromatic heterocycles. The van der Waals surface area contributed by atoms with Gasteiger partial charge in [-0.25, -0.2) is 0 Å². The van der Waals surface area contributed by atoms with Crippen LogP contribution in [-0.2, 0) is 14.3 Å². The predicted octanol–water partition coefficient (Wildman–Crippen LogP) is 4.53. The quantitative estimate of drug-likeness (QED) is 0.240. The van der Waals surface area contributed by atoms with Crippen molar-refractivity contribution in [2.75, 3.05) is 74.4 Å². The average Bonchev–Trinajstić information content (AvgIpc) is 3.11. The molecule has 0 saturated carbocycles. The Balaban J connectivity index is 1.15. The molecule has 4 aromatic rings. The molecule has 12 nitrogen and oxygen atoms in total. The number of benzene rings is 3. The van der Waals surface area contributed by atoms with Crippen LogP contribution in [0.2, 0.25) is 5.02 Å². The van der Waals surface area contributed by atoms with E-state index in [2.05, 4.69) is 19.8 Å². The van der Waals surface area contributed by atoms with Crippen molar-refractivity contribution in [2.45, 2.75) is 12.1 Å². The van der Waals surface area contributed by atoms with Crippen molar-refractivity contribution in [3.8, 4) is 23.3 Å². The number of carbonyl (C=O) groups excluding carboxylic acids is 1. The molecule has 238 valence electrons. The Bertz CT molecular complexity index is 1610. The van der Waals surface area contributed by atoms with Gasteiger partial charge in [0.1, 0.15) is 23.3 Å². The van der Waals surface area contributed by atoms with Gasteiger partial charge in [0.15, 0.2) is 0 Å². The topological polar surface area (TPSA) is 112 Å². The van der Waals surface area contributed by atoms with Crippen LogP contribution in [0.4, 0.5) is 17.6 Å². The van der Waals surface area contributed by atoms with E-state index in [1.807, 2.05) is 48.5 Å². The minimum absolute atomic E-state index is 0.151. The molecule has 3 saturated heterocycles. The number of ether oxygens (including phenoxy) is 5. The summed E-state index contributed by atoms with van der Waals surface area (Å²) in [7, 11) is 1.61. The summed E-state index contributed by atoms with van der Waals surface area (Å²) < 4.78 is 28.7. The van der Waals surface area contributed by atoms with Gasteiger partial charge in [0.05, 0.1) is 33.5 Å². The van der Waals surface area contributed by atoms with Gasteiger partial charge in [0, 0.05) is 36.9 Å². The van der Waals surface area contributed by atoms with Gasteiger partial charge < -0.3 is 33.5 Å². The van der Waals surface area contributed by atoms with Gasteiger partial charge in [-0.3, -0.25) is 9.69 Å². The van der Waals surface area contributed by atoms with E-state index in [0.29, 0.717) is 86.8 Å². The Morgan fingerprint density at radius 1 is 0.717 bits per heavy atom. The van der Waals surface area contributed by atoms with E-state index < -0.39 is 6.10 Å². The fourth-order valence-corrected chi connectivity index (χ4v) is 5.75. The number of hydrogen-bond donors (Lipinski definition) is 0. The van der Waals surface area contributed by atoms with Crippen LogP contribution in [0.5, 0.6) is 23.3 Å². The number of rotatable bonds is 9. The van der Waals surface area contributed by atoms with Gasteiger partial charge in [-0.05, 0) is 66.2 Å². The highest BCUT2D eigenvalue weighted by Gasteiger charge is 2.51. The minimum atomic E-state index is -0.731. The van der Waals surface area contributed by atoms with E-state index in [-0.39, 0.29) is 18.0 Å². The largest absolute Gasteiger partial charge is 0.497 e. The van der Waals surface area contributed by atoms with E-state index in [9.17, 15) is 4.79 Å². The lowest BCUT2D eigenvalue weighted by Crippen LogP contribution is -2.61. The third kappa shape index (κ3) is 6.37. The second kappa shape index (κ2) is 13.4. The highest BCUT2D eigenvalue weighted by Crippen LogP contribution is 2.42. The summed E-state index contributed by atoms with van der Waals surface area (Å²) >= 11 is 6.07. The Hall–Kier alpha value is -4.65. The van der Waals surface area contributed by atoms with E-state index in [1.54, 1.807) is 36.3 Å². The number of carbonyl (C=O) groups is 1. The lowest BCUT2D eigenvalue weighted by atomic mass is 9.89. The van der Waals surface area contributed by atoms with Crippen LogP contribution in [0, 0.1) is 0 Å². The van der Waals surface area contributed by atoms with Crippen LogP contribution < -0.4 is 28.9 Å². The molecule has 7 rings (SSSR count). The molecular weight excluding hydrogens is 612 g/mol. The maximum Gasteiger partial charge on any atom is 0.328 e. The number of nitrogens with zero attached hydrogens (tertiary/aromatic N) is 6. The zero-order chi connectivity index (χ0) is 31.5. The van der Waals surface area contributed by atoms with E-state index >= 15 is 0 Å². The van der Waals surface area contributed by atoms with Gasteiger partial charge in [-0.1, -0.05) is 23.7 Å². The van der Waals surface area contributed by atoms with Crippen LogP contribution in [0.3, 0.4) is 0 Å². The Morgan fingerprint density at radius 2 is 1.26 bits per heavy atom.